The van der Waals surface area contributed by atoms with Gasteiger partial charge in [0.2, 0.25) is 0 Å². The molecule has 4 aromatic rings. The standard InChI is InChI=1S/C10H7BrN4.C6H6BrNO.C4H3N3/c11-10-8(2-1-3-13-10)5-15-6-9(4-12)14-7-15;7-6-5(4-9)2-1-3-8-6;5-1-4-2-6-3-7-4/h1-3,6-7H,5H2;1-3,9H,4H2;2-3H,(H,6,7). The van der Waals surface area contributed by atoms with E-state index < -0.39 is 0 Å². The van der Waals surface area contributed by atoms with E-state index in [4.69, 9.17) is 15.6 Å². The highest BCUT2D eigenvalue weighted by molar-refractivity contribution is 9.10. The van der Waals surface area contributed by atoms with E-state index in [-0.39, 0.29) is 6.61 Å². The van der Waals surface area contributed by atoms with Crippen molar-refractivity contribution in [3.63, 3.8) is 0 Å². The summed E-state index contributed by atoms with van der Waals surface area (Å²) in [7, 11) is 0. The van der Waals surface area contributed by atoms with Crippen LogP contribution in [-0.4, -0.2) is 34.6 Å². The molecule has 0 saturated heterocycles. The number of nitrogens with one attached hydrogen (secondary N) is 1. The highest BCUT2D eigenvalue weighted by Gasteiger charge is 2.02. The van der Waals surface area contributed by atoms with Gasteiger partial charge in [0.1, 0.15) is 27.0 Å². The van der Waals surface area contributed by atoms with Crippen LogP contribution in [0.3, 0.4) is 0 Å². The first kappa shape index (κ1) is 23.9. The van der Waals surface area contributed by atoms with Gasteiger partial charge in [-0.05, 0) is 44.0 Å². The topological polar surface area (TPSA) is 140 Å². The van der Waals surface area contributed by atoms with Crippen LogP contribution in [0.15, 0.2) is 70.9 Å². The Bertz CT molecular complexity index is 1160. The fraction of sp³-hybridized carbons (Fsp3) is 0.100. The third-order valence-corrected chi connectivity index (χ3v) is 4.99. The van der Waals surface area contributed by atoms with Gasteiger partial charge in [-0.3, -0.25) is 0 Å². The molecule has 0 aromatic carbocycles. The molecule has 31 heavy (non-hydrogen) atoms. The van der Waals surface area contributed by atoms with Gasteiger partial charge in [0.15, 0.2) is 5.69 Å². The first-order chi connectivity index (χ1) is 15.1. The number of aliphatic hydroxyl groups is 1. The number of aromatic amines is 1. The molecule has 0 unspecified atom stereocenters. The second-order valence-electron chi connectivity index (χ2n) is 5.68. The zero-order valence-corrected chi connectivity index (χ0v) is 19.2. The van der Waals surface area contributed by atoms with E-state index in [1.54, 1.807) is 31.0 Å². The normalized spacial score (nSPS) is 9.32. The molecule has 0 aliphatic rings. The van der Waals surface area contributed by atoms with Crippen molar-refractivity contribution in [2.75, 3.05) is 0 Å². The zero-order valence-electron chi connectivity index (χ0n) is 16.0. The van der Waals surface area contributed by atoms with Crippen molar-refractivity contribution < 1.29 is 5.11 Å². The highest BCUT2D eigenvalue weighted by Crippen LogP contribution is 2.14. The van der Waals surface area contributed by atoms with Crippen molar-refractivity contribution in [3.05, 3.63) is 93.4 Å². The van der Waals surface area contributed by atoms with Gasteiger partial charge in [-0.15, -0.1) is 0 Å². The molecular weight excluding hydrogens is 528 g/mol. The van der Waals surface area contributed by atoms with Crippen LogP contribution in [0, 0.1) is 22.7 Å². The van der Waals surface area contributed by atoms with E-state index in [0.717, 1.165) is 15.7 Å². The number of halogens is 2. The summed E-state index contributed by atoms with van der Waals surface area (Å²) in [6.45, 7) is 0.692. The molecule has 156 valence electrons. The lowest BCUT2D eigenvalue weighted by Gasteiger charge is -2.03. The molecule has 0 aliphatic carbocycles. The minimum atomic E-state index is 0.0361. The number of hydrogen-bond acceptors (Lipinski definition) is 7. The first-order valence-corrected chi connectivity index (χ1v) is 10.3. The lowest BCUT2D eigenvalue weighted by Crippen LogP contribution is -1.98. The molecule has 2 N–H and O–H groups in total. The van der Waals surface area contributed by atoms with Crippen LogP contribution in [0.5, 0.6) is 0 Å². The Morgan fingerprint density at radius 1 is 1.00 bits per heavy atom. The second kappa shape index (κ2) is 13.0. The lowest BCUT2D eigenvalue weighted by atomic mass is 10.3. The first-order valence-electron chi connectivity index (χ1n) is 8.67. The Hall–Kier alpha value is -3.38. The number of nitriles is 2. The highest BCUT2D eigenvalue weighted by atomic mass is 79.9. The summed E-state index contributed by atoms with van der Waals surface area (Å²) >= 11 is 6.55. The number of aromatic nitrogens is 6. The maximum absolute atomic E-state index is 8.65. The summed E-state index contributed by atoms with van der Waals surface area (Å²) < 4.78 is 3.38. The van der Waals surface area contributed by atoms with Crippen molar-refractivity contribution in [1.82, 2.24) is 29.5 Å². The van der Waals surface area contributed by atoms with Crippen LogP contribution in [0.4, 0.5) is 0 Å². The monoisotopic (exact) mass is 542 g/mol. The maximum Gasteiger partial charge on any atom is 0.158 e. The quantitative estimate of drug-likeness (QED) is 0.376. The predicted molar refractivity (Wildman–Crippen MR) is 119 cm³/mol. The number of hydrogen-bond donors (Lipinski definition) is 2. The molecule has 0 radical (unpaired) electrons. The van der Waals surface area contributed by atoms with E-state index in [1.165, 1.54) is 12.5 Å². The fourth-order valence-corrected chi connectivity index (χ4v) is 2.84. The summed E-state index contributed by atoms with van der Waals surface area (Å²) in [5.41, 5.74) is 2.80. The van der Waals surface area contributed by atoms with Gasteiger partial charge in [0.25, 0.3) is 0 Å². The third-order valence-electron chi connectivity index (χ3n) is 3.56. The molecule has 11 heteroatoms. The molecule has 0 fully saturated rings. The Kier molecular flexibility index (Phi) is 10.0. The average molecular weight is 544 g/mol. The maximum atomic E-state index is 8.65. The SMILES string of the molecule is N#Cc1cn(Cc2cccnc2Br)cn1.N#Cc1cnc[nH]1.OCc1cccnc1Br. The molecule has 0 spiro atoms. The number of imidazole rings is 2. The predicted octanol–water partition coefficient (Wildman–Crippen LogP) is 3.58. The minimum Gasteiger partial charge on any atom is -0.392 e. The minimum absolute atomic E-state index is 0.0361. The number of pyridine rings is 2. The Morgan fingerprint density at radius 3 is 2.10 bits per heavy atom. The van der Waals surface area contributed by atoms with Gasteiger partial charge >= 0.3 is 0 Å². The molecule has 0 atom stereocenters. The van der Waals surface area contributed by atoms with Gasteiger partial charge in [0, 0.05) is 29.7 Å². The summed E-state index contributed by atoms with van der Waals surface area (Å²) in [4.78, 5) is 18.2. The Labute approximate surface area is 195 Å². The van der Waals surface area contributed by atoms with Crippen LogP contribution in [0.2, 0.25) is 0 Å². The summed E-state index contributed by atoms with van der Waals surface area (Å²) in [6.07, 6.45) is 9.68. The Morgan fingerprint density at radius 2 is 1.68 bits per heavy atom. The van der Waals surface area contributed by atoms with Gasteiger partial charge in [-0.25, -0.2) is 19.9 Å². The van der Waals surface area contributed by atoms with Crippen LogP contribution in [0.1, 0.15) is 22.5 Å². The molecule has 4 aromatic heterocycles. The zero-order chi connectivity index (χ0) is 22.5. The molecule has 9 nitrogen and oxygen atoms in total. The summed E-state index contributed by atoms with van der Waals surface area (Å²) in [6, 6.07) is 11.3. The molecule has 0 aliphatic heterocycles. The molecule has 0 amide bonds. The van der Waals surface area contributed by atoms with Crippen molar-refractivity contribution in [2.24, 2.45) is 0 Å². The van der Waals surface area contributed by atoms with Gasteiger partial charge in [-0.2, -0.15) is 10.5 Å². The van der Waals surface area contributed by atoms with Crippen LogP contribution < -0.4 is 0 Å². The number of nitrogens with zero attached hydrogens (tertiary/aromatic N) is 7. The van der Waals surface area contributed by atoms with Crippen molar-refractivity contribution in [3.8, 4) is 12.1 Å². The third kappa shape index (κ3) is 8.10. The number of rotatable bonds is 3. The fourth-order valence-electron chi connectivity index (χ4n) is 2.09. The largest absolute Gasteiger partial charge is 0.392 e. The Balaban J connectivity index is 0.000000181. The van der Waals surface area contributed by atoms with E-state index in [9.17, 15) is 0 Å². The second-order valence-corrected chi connectivity index (χ2v) is 7.19. The summed E-state index contributed by atoms with van der Waals surface area (Å²) in [5.74, 6) is 0. The van der Waals surface area contributed by atoms with Crippen molar-refractivity contribution >= 4 is 31.9 Å². The van der Waals surface area contributed by atoms with Gasteiger partial charge in [-0.1, -0.05) is 12.1 Å². The number of aliphatic hydroxyl groups excluding tert-OH is 1. The van der Waals surface area contributed by atoms with E-state index >= 15 is 0 Å². The summed E-state index contributed by atoms with van der Waals surface area (Å²) in [5, 5.41) is 25.4. The van der Waals surface area contributed by atoms with E-state index in [0.29, 0.717) is 22.5 Å². The average Bonchev–Trinajstić information content (AvgIpc) is 3.48. The molecule has 4 rings (SSSR count). The molecule has 0 saturated carbocycles. The van der Waals surface area contributed by atoms with Gasteiger partial charge < -0.3 is 14.7 Å². The number of H-pyrrole nitrogens is 1. The van der Waals surface area contributed by atoms with Gasteiger partial charge in [0.05, 0.1) is 32.0 Å². The molecular formula is C20H16Br2N8O. The van der Waals surface area contributed by atoms with Crippen molar-refractivity contribution in [2.45, 2.75) is 13.2 Å². The van der Waals surface area contributed by atoms with Crippen molar-refractivity contribution in [1.29, 1.82) is 10.5 Å². The smallest absolute Gasteiger partial charge is 0.158 e. The van der Waals surface area contributed by atoms with E-state index in [1.807, 2.05) is 34.9 Å². The lowest BCUT2D eigenvalue weighted by molar-refractivity contribution is 0.280. The van der Waals surface area contributed by atoms with Crippen LogP contribution in [-0.2, 0) is 13.2 Å². The van der Waals surface area contributed by atoms with Crippen LogP contribution >= 0.6 is 31.9 Å². The molecule has 4 heterocycles. The van der Waals surface area contributed by atoms with E-state index in [2.05, 4.69) is 56.8 Å². The molecule has 0 bridgehead atoms. The van der Waals surface area contributed by atoms with Crippen LogP contribution in [0.25, 0.3) is 0 Å².